The maximum Gasteiger partial charge on any atom is 0.131 e. The molecule has 1 atom stereocenters. The molecule has 0 aliphatic carbocycles. The lowest BCUT2D eigenvalue weighted by Crippen LogP contribution is -2.34. The van der Waals surface area contributed by atoms with Gasteiger partial charge in [-0.2, -0.15) is 0 Å². The number of nitrogens with zero attached hydrogens (tertiary/aromatic N) is 3. The van der Waals surface area contributed by atoms with Crippen molar-refractivity contribution >= 4 is 5.69 Å². The Balaban J connectivity index is 2.33. The van der Waals surface area contributed by atoms with E-state index in [2.05, 4.69) is 36.0 Å². The summed E-state index contributed by atoms with van der Waals surface area (Å²) in [4.78, 5) is 11.9. The van der Waals surface area contributed by atoms with E-state index in [9.17, 15) is 0 Å². The fraction of sp³-hybridized carbons (Fsp3) is 0.750. The molecule has 2 heterocycles. The first-order chi connectivity index (χ1) is 9.63. The third kappa shape index (κ3) is 3.48. The molecule has 1 aliphatic rings. The number of aromatic nitrogens is 2. The molecular formula is C16H28N4. The first-order valence-corrected chi connectivity index (χ1v) is 7.90. The van der Waals surface area contributed by atoms with Gasteiger partial charge in [0.2, 0.25) is 0 Å². The van der Waals surface area contributed by atoms with E-state index in [0.29, 0.717) is 12.0 Å². The topological polar surface area (TPSA) is 41.1 Å². The van der Waals surface area contributed by atoms with Crippen molar-refractivity contribution in [2.24, 2.45) is 0 Å². The minimum absolute atomic E-state index is 0.376. The van der Waals surface area contributed by atoms with E-state index in [1.807, 2.05) is 13.2 Å². The van der Waals surface area contributed by atoms with Crippen molar-refractivity contribution in [2.75, 3.05) is 18.5 Å². The maximum atomic E-state index is 4.79. The molecule has 1 aromatic heterocycles. The van der Waals surface area contributed by atoms with Gasteiger partial charge in [0.15, 0.2) is 0 Å². The molecule has 1 aromatic rings. The van der Waals surface area contributed by atoms with Crippen molar-refractivity contribution < 1.29 is 0 Å². The van der Waals surface area contributed by atoms with Crippen LogP contribution >= 0.6 is 0 Å². The van der Waals surface area contributed by atoms with Crippen molar-refractivity contribution in [3.63, 3.8) is 0 Å². The van der Waals surface area contributed by atoms with Gasteiger partial charge in [-0.05, 0) is 26.8 Å². The molecule has 0 saturated carbocycles. The highest BCUT2D eigenvalue weighted by Gasteiger charge is 2.21. The lowest BCUT2D eigenvalue weighted by molar-refractivity contribution is 0.607. The molecule has 0 amide bonds. The van der Waals surface area contributed by atoms with Crippen LogP contribution in [0.5, 0.6) is 0 Å². The van der Waals surface area contributed by atoms with Crippen LogP contribution in [0.4, 0.5) is 5.69 Å². The van der Waals surface area contributed by atoms with Crippen LogP contribution in [-0.2, 0) is 6.54 Å². The molecule has 4 heteroatoms. The Hall–Kier alpha value is -1.16. The predicted molar refractivity (Wildman–Crippen MR) is 84.2 cm³/mol. The summed E-state index contributed by atoms with van der Waals surface area (Å²) in [7, 11) is 1.98. The minimum Gasteiger partial charge on any atom is -0.366 e. The maximum absolute atomic E-state index is 4.79. The number of hydrogen-bond donors (Lipinski definition) is 1. The largest absolute Gasteiger partial charge is 0.366 e. The van der Waals surface area contributed by atoms with Crippen LogP contribution in [0.3, 0.4) is 0 Å². The molecule has 1 unspecified atom stereocenters. The fourth-order valence-electron chi connectivity index (χ4n) is 2.87. The van der Waals surface area contributed by atoms with Gasteiger partial charge in [-0.1, -0.05) is 26.7 Å². The summed E-state index contributed by atoms with van der Waals surface area (Å²) in [5.41, 5.74) is 2.36. The van der Waals surface area contributed by atoms with Gasteiger partial charge in [0, 0.05) is 25.0 Å². The number of hydrogen-bond acceptors (Lipinski definition) is 4. The quantitative estimate of drug-likeness (QED) is 0.917. The minimum atomic E-state index is 0.376. The summed E-state index contributed by atoms with van der Waals surface area (Å²) in [6.45, 7) is 8.55. The lowest BCUT2D eigenvalue weighted by Gasteiger charge is -2.30. The van der Waals surface area contributed by atoms with E-state index >= 15 is 0 Å². The van der Waals surface area contributed by atoms with Gasteiger partial charge in [-0.25, -0.2) is 9.97 Å². The molecule has 2 rings (SSSR count). The van der Waals surface area contributed by atoms with Gasteiger partial charge in [0.05, 0.1) is 17.6 Å². The van der Waals surface area contributed by atoms with Gasteiger partial charge in [-0.15, -0.1) is 0 Å². The monoisotopic (exact) mass is 276 g/mol. The second kappa shape index (κ2) is 7.02. The number of anilines is 1. The van der Waals surface area contributed by atoms with E-state index in [-0.39, 0.29) is 0 Å². The van der Waals surface area contributed by atoms with E-state index in [1.165, 1.54) is 31.4 Å². The molecule has 112 valence electrons. The second-order valence-electron chi connectivity index (χ2n) is 6.14. The smallest absolute Gasteiger partial charge is 0.131 e. The first-order valence-electron chi connectivity index (χ1n) is 7.90. The van der Waals surface area contributed by atoms with Crippen molar-refractivity contribution in [1.82, 2.24) is 15.3 Å². The molecule has 1 aliphatic heterocycles. The van der Waals surface area contributed by atoms with Gasteiger partial charge < -0.3 is 10.2 Å². The van der Waals surface area contributed by atoms with Crippen LogP contribution in [0.1, 0.15) is 63.9 Å². The molecule has 1 N–H and O–H groups in total. The molecule has 20 heavy (non-hydrogen) atoms. The Kier molecular flexibility index (Phi) is 5.35. The zero-order valence-electron chi connectivity index (χ0n) is 13.3. The van der Waals surface area contributed by atoms with Crippen molar-refractivity contribution in [3.05, 3.63) is 17.7 Å². The van der Waals surface area contributed by atoms with Crippen LogP contribution in [0.15, 0.2) is 6.20 Å². The van der Waals surface area contributed by atoms with Crippen LogP contribution in [0.25, 0.3) is 0 Å². The fourth-order valence-corrected chi connectivity index (χ4v) is 2.87. The van der Waals surface area contributed by atoms with Crippen molar-refractivity contribution in [3.8, 4) is 0 Å². The summed E-state index contributed by atoms with van der Waals surface area (Å²) in [6, 6.07) is 0.585. The molecule has 0 bridgehead atoms. The number of nitrogens with one attached hydrogen (secondary N) is 1. The summed E-state index contributed by atoms with van der Waals surface area (Å²) < 4.78 is 0. The average molecular weight is 276 g/mol. The van der Waals surface area contributed by atoms with Crippen LogP contribution in [-0.4, -0.2) is 29.6 Å². The van der Waals surface area contributed by atoms with Gasteiger partial charge in [-0.3, -0.25) is 0 Å². The van der Waals surface area contributed by atoms with Crippen molar-refractivity contribution in [1.29, 1.82) is 0 Å². The standard InChI is InChI=1S/C16H28N4/c1-12(2)16-18-11-15(14(19-16)10-17-4)20-9-7-5-6-8-13(20)3/h11-13,17H,5-10H2,1-4H3. The average Bonchev–Trinajstić information content (AvgIpc) is 2.64. The Morgan fingerprint density at radius 2 is 2.15 bits per heavy atom. The molecule has 1 saturated heterocycles. The van der Waals surface area contributed by atoms with Gasteiger partial charge in [0.1, 0.15) is 5.82 Å². The second-order valence-corrected chi connectivity index (χ2v) is 6.14. The lowest BCUT2D eigenvalue weighted by atomic mass is 10.1. The predicted octanol–water partition coefficient (Wildman–Crippen LogP) is 3.09. The molecule has 0 radical (unpaired) electrons. The number of rotatable bonds is 4. The van der Waals surface area contributed by atoms with Crippen LogP contribution in [0, 0.1) is 0 Å². The van der Waals surface area contributed by atoms with E-state index in [1.54, 1.807) is 0 Å². The zero-order valence-corrected chi connectivity index (χ0v) is 13.3. The summed E-state index contributed by atoms with van der Waals surface area (Å²) in [6.07, 6.45) is 7.26. The van der Waals surface area contributed by atoms with E-state index in [0.717, 1.165) is 24.6 Å². The highest BCUT2D eigenvalue weighted by molar-refractivity contribution is 5.50. The zero-order chi connectivity index (χ0) is 14.5. The molecule has 4 nitrogen and oxygen atoms in total. The molecule has 1 fully saturated rings. The SMILES string of the molecule is CNCc1nc(C(C)C)ncc1N1CCCCCC1C. The Morgan fingerprint density at radius 3 is 2.85 bits per heavy atom. The van der Waals surface area contributed by atoms with Gasteiger partial charge >= 0.3 is 0 Å². The summed E-state index contributed by atoms with van der Waals surface area (Å²) in [5.74, 6) is 1.32. The van der Waals surface area contributed by atoms with E-state index in [4.69, 9.17) is 4.98 Å². The van der Waals surface area contributed by atoms with Crippen molar-refractivity contribution in [2.45, 2.75) is 65.0 Å². The highest BCUT2D eigenvalue weighted by atomic mass is 15.2. The van der Waals surface area contributed by atoms with Crippen LogP contribution < -0.4 is 10.2 Å². The Labute approximate surface area is 123 Å². The Morgan fingerprint density at radius 1 is 1.35 bits per heavy atom. The van der Waals surface area contributed by atoms with Crippen LogP contribution in [0.2, 0.25) is 0 Å². The van der Waals surface area contributed by atoms with Gasteiger partial charge in [0.25, 0.3) is 0 Å². The summed E-state index contributed by atoms with van der Waals surface area (Å²) >= 11 is 0. The molecular weight excluding hydrogens is 248 g/mol. The molecule has 0 aromatic carbocycles. The highest BCUT2D eigenvalue weighted by Crippen LogP contribution is 2.27. The third-order valence-corrected chi connectivity index (χ3v) is 4.09. The summed E-state index contributed by atoms with van der Waals surface area (Å²) in [5, 5.41) is 3.24. The first kappa shape index (κ1) is 15.2. The van der Waals surface area contributed by atoms with E-state index < -0.39 is 0 Å². The molecule has 0 spiro atoms. The normalized spacial score (nSPS) is 20.2. The Bertz CT molecular complexity index is 430. The third-order valence-electron chi connectivity index (χ3n) is 4.09.